The van der Waals surface area contributed by atoms with Gasteiger partial charge in [-0.15, -0.1) is 0 Å². The lowest BCUT2D eigenvalue weighted by Crippen LogP contribution is -2.60. The summed E-state index contributed by atoms with van der Waals surface area (Å²) in [5, 5.41) is 6.15. The van der Waals surface area contributed by atoms with Crippen molar-refractivity contribution in [2.75, 3.05) is 32.1 Å². The van der Waals surface area contributed by atoms with E-state index < -0.39 is 0 Å². The van der Waals surface area contributed by atoms with E-state index >= 15 is 0 Å². The molecule has 126 valence electrons. The summed E-state index contributed by atoms with van der Waals surface area (Å²) in [7, 11) is 3.44. The molecule has 0 aliphatic carbocycles. The van der Waals surface area contributed by atoms with Gasteiger partial charge in [-0.2, -0.15) is 5.10 Å². The number of hydrogen-bond acceptors (Lipinski definition) is 5. The van der Waals surface area contributed by atoms with Crippen molar-refractivity contribution in [3.8, 4) is 5.75 Å². The Morgan fingerprint density at radius 1 is 1.38 bits per heavy atom. The zero-order valence-corrected chi connectivity index (χ0v) is 13.7. The standard InChI is InChI=1S/C17H20N4O3/c1-20(17(23)7-12-3-5-15(24-2)6-4-12)14-10-21(11-14)13-8-16(22)19-18-9-13/h3-6,8-9,14H,7,10-11H2,1-2H3,(H,19,22). The second-order valence-electron chi connectivity index (χ2n) is 5.89. The monoisotopic (exact) mass is 328 g/mol. The number of anilines is 1. The van der Waals surface area contributed by atoms with Gasteiger partial charge < -0.3 is 14.5 Å². The first-order chi connectivity index (χ1) is 11.6. The van der Waals surface area contributed by atoms with E-state index in [1.807, 2.05) is 36.2 Å². The molecule has 1 amide bonds. The molecule has 0 saturated carbocycles. The molecule has 2 heterocycles. The molecule has 2 aromatic rings. The fourth-order valence-corrected chi connectivity index (χ4v) is 2.70. The minimum absolute atomic E-state index is 0.0776. The van der Waals surface area contributed by atoms with Crippen LogP contribution in [-0.4, -0.2) is 54.3 Å². The number of H-pyrrole nitrogens is 1. The molecule has 0 radical (unpaired) electrons. The van der Waals surface area contributed by atoms with Crippen LogP contribution < -0.4 is 15.2 Å². The van der Waals surface area contributed by atoms with E-state index in [1.165, 1.54) is 6.07 Å². The lowest BCUT2D eigenvalue weighted by molar-refractivity contribution is -0.131. The smallest absolute Gasteiger partial charge is 0.266 e. The zero-order valence-electron chi connectivity index (χ0n) is 13.7. The lowest BCUT2D eigenvalue weighted by Gasteiger charge is -2.45. The number of ether oxygens (including phenoxy) is 1. The second-order valence-corrected chi connectivity index (χ2v) is 5.89. The number of likely N-dealkylation sites (N-methyl/N-ethyl adjacent to an activating group) is 1. The molecular weight excluding hydrogens is 308 g/mol. The molecule has 1 aromatic carbocycles. The third-order valence-electron chi connectivity index (χ3n) is 4.33. The highest BCUT2D eigenvalue weighted by molar-refractivity contribution is 5.79. The fourth-order valence-electron chi connectivity index (χ4n) is 2.70. The quantitative estimate of drug-likeness (QED) is 0.873. The molecule has 7 nitrogen and oxygen atoms in total. The summed E-state index contributed by atoms with van der Waals surface area (Å²) in [6.07, 6.45) is 1.99. The van der Waals surface area contributed by atoms with Crippen LogP contribution in [0.15, 0.2) is 41.3 Å². The van der Waals surface area contributed by atoms with Crippen molar-refractivity contribution in [3.63, 3.8) is 0 Å². The Hall–Kier alpha value is -2.83. The van der Waals surface area contributed by atoms with E-state index in [0.717, 1.165) is 17.0 Å². The third kappa shape index (κ3) is 3.40. The Morgan fingerprint density at radius 2 is 2.08 bits per heavy atom. The Balaban J connectivity index is 1.54. The summed E-state index contributed by atoms with van der Waals surface area (Å²) >= 11 is 0. The van der Waals surface area contributed by atoms with Gasteiger partial charge in [0.05, 0.1) is 31.5 Å². The van der Waals surface area contributed by atoms with Crippen molar-refractivity contribution in [1.82, 2.24) is 15.1 Å². The Morgan fingerprint density at radius 3 is 2.71 bits per heavy atom. The van der Waals surface area contributed by atoms with Gasteiger partial charge in [0.1, 0.15) is 5.75 Å². The first kappa shape index (κ1) is 16.0. The highest BCUT2D eigenvalue weighted by Crippen LogP contribution is 2.21. The van der Waals surface area contributed by atoms with Crippen LogP contribution >= 0.6 is 0 Å². The number of amides is 1. The summed E-state index contributed by atoms with van der Waals surface area (Å²) < 4.78 is 5.12. The van der Waals surface area contributed by atoms with Gasteiger partial charge in [-0.1, -0.05) is 12.1 Å². The molecule has 1 aliphatic heterocycles. The molecule has 0 spiro atoms. The fraction of sp³-hybridized carbons (Fsp3) is 0.353. The molecule has 1 saturated heterocycles. The molecular formula is C17H20N4O3. The highest BCUT2D eigenvalue weighted by atomic mass is 16.5. The van der Waals surface area contributed by atoms with E-state index in [2.05, 4.69) is 10.2 Å². The van der Waals surface area contributed by atoms with E-state index in [1.54, 1.807) is 18.2 Å². The van der Waals surface area contributed by atoms with Crippen LogP contribution in [0.5, 0.6) is 5.75 Å². The predicted octanol–water partition coefficient (Wildman–Crippen LogP) is 0.668. The topological polar surface area (TPSA) is 78.5 Å². The van der Waals surface area contributed by atoms with Gasteiger partial charge in [0.2, 0.25) is 5.91 Å². The normalized spacial score (nSPS) is 14.2. The van der Waals surface area contributed by atoms with E-state index in [4.69, 9.17) is 4.74 Å². The molecule has 1 aliphatic rings. The Kier molecular flexibility index (Phi) is 4.50. The maximum absolute atomic E-state index is 12.4. The van der Waals surface area contributed by atoms with Crippen LogP contribution in [0.2, 0.25) is 0 Å². The number of carbonyl (C=O) groups is 1. The number of rotatable bonds is 5. The number of aromatic amines is 1. The van der Waals surface area contributed by atoms with Crippen LogP contribution in [0.3, 0.4) is 0 Å². The molecule has 24 heavy (non-hydrogen) atoms. The van der Waals surface area contributed by atoms with Gasteiger partial charge in [-0.05, 0) is 17.7 Å². The summed E-state index contributed by atoms with van der Waals surface area (Å²) in [6, 6.07) is 9.18. The summed E-state index contributed by atoms with van der Waals surface area (Å²) in [5.41, 5.74) is 1.52. The average molecular weight is 328 g/mol. The third-order valence-corrected chi connectivity index (χ3v) is 4.33. The van der Waals surface area contributed by atoms with E-state index in [-0.39, 0.29) is 17.5 Å². The first-order valence-corrected chi connectivity index (χ1v) is 7.75. The summed E-state index contributed by atoms with van der Waals surface area (Å²) in [4.78, 5) is 27.5. The number of nitrogens with one attached hydrogen (secondary N) is 1. The molecule has 1 fully saturated rings. The van der Waals surface area contributed by atoms with Gasteiger partial charge in [-0.3, -0.25) is 9.59 Å². The largest absolute Gasteiger partial charge is 0.497 e. The van der Waals surface area contributed by atoms with Crippen LogP contribution in [-0.2, 0) is 11.2 Å². The number of methoxy groups -OCH3 is 1. The number of benzene rings is 1. The number of nitrogens with zero attached hydrogens (tertiary/aromatic N) is 3. The number of aromatic nitrogens is 2. The van der Waals surface area contributed by atoms with E-state index in [0.29, 0.717) is 19.5 Å². The summed E-state index contributed by atoms with van der Waals surface area (Å²) in [6.45, 7) is 1.41. The number of carbonyl (C=O) groups excluding carboxylic acids is 1. The van der Waals surface area contributed by atoms with Crippen molar-refractivity contribution < 1.29 is 9.53 Å². The van der Waals surface area contributed by atoms with Crippen molar-refractivity contribution in [3.05, 3.63) is 52.4 Å². The average Bonchev–Trinajstić information content (AvgIpc) is 2.54. The molecule has 7 heteroatoms. The maximum Gasteiger partial charge on any atom is 0.266 e. The first-order valence-electron chi connectivity index (χ1n) is 7.75. The predicted molar refractivity (Wildman–Crippen MR) is 90.3 cm³/mol. The summed E-state index contributed by atoms with van der Waals surface area (Å²) in [5.74, 6) is 0.856. The zero-order chi connectivity index (χ0) is 17.1. The molecule has 1 N–H and O–H groups in total. The van der Waals surface area contributed by atoms with Crippen LogP contribution in [0, 0.1) is 0 Å². The van der Waals surface area contributed by atoms with Gasteiger partial charge >= 0.3 is 0 Å². The molecule has 1 aromatic heterocycles. The second kappa shape index (κ2) is 6.74. The van der Waals surface area contributed by atoms with Gasteiger partial charge in [-0.25, -0.2) is 5.10 Å². The SMILES string of the molecule is COc1ccc(CC(=O)N(C)C2CN(c3cn[nH]c(=O)c3)C2)cc1. The van der Waals surface area contributed by atoms with E-state index in [9.17, 15) is 9.59 Å². The Bertz CT molecular complexity index is 766. The van der Waals surface area contributed by atoms with Crippen molar-refractivity contribution in [2.45, 2.75) is 12.5 Å². The number of hydrogen-bond donors (Lipinski definition) is 1. The highest BCUT2D eigenvalue weighted by Gasteiger charge is 2.32. The Labute approximate surface area is 139 Å². The molecule has 0 bridgehead atoms. The van der Waals surface area contributed by atoms with Crippen LogP contribution in [0.1, 0.15) is 5.56 Å². The van der Waals surface area contributed by atoms with Gasteiger partial charge in [0.25, 0.3) is 5.56 Å². The van der Waals surface area contributed by atoms with Crippen molar-refractivity contribution in [2.24, 2.45) is 0 Å². The van der Waals surface area contributed by atoms with Crippen molar-refractivity contribution in [1.29, 1.82) is 0 Å². The maximum atomic E-state index is 12.4. The molecule has 0 unspecified atom stereocenters. The lowest BCUT2D eigenvalue weighted by atomic mass is 10.1. The van der Waals surface area contributed by atoms with Gasteiger partial charge in [0.15, 0.2) is 0 Å². The molecule has 0 atom stereocenters. The van der Waals surface area contributed by atoms with Gasteiger partial charge in [0, 0.05) is 26.2 Å². The van der Waals surface area contributed by atoms with Crippen LogP contribution in [0.4, 0.5) is 5.69 Å². The minimum atomic E-state index is -0.222. The van der Waals surface area contributed by atoms with Crippen molar-refractivity contribution >= 4 is 11.6 Å². The van der Waals surface area contributed by atoms with Crippen LogP contribution in [0.25, 0.3) is 0 Å². The minimum Gasteiger partial charge on any atom is -0.497 e. The molecule has 3 rings (SSSR count).